The van der Waals surface area contributed by atoms with E-state index in [1.54, 1.807) is 13.0 Å². The molecular formula is C7H6Na2O6S2. The summed E-state index contributed by atoms with van der Waals surface area (Å²) in [7, 11) is -7.42. The van der Waals surface area contributed by atoms with E-state index in [2.05, 4.69) is 6.07 Å². The van der Waals surface area contributed by atoms with Crippen molar-refractivity contribution >= 4 is 20.7 Å². The first-order chi connectivity index (χ1) is 6.73. The molecule has 84 valence electrons. The second kappa shape index (κ2) is 10.7. The van der Waals surface area contributed by atoms with Crippen LogP contribution in [0.3, 0.4) is 0 Å². The van der Waals surface area contributed by atoms with Crippen LogP contribution in [-0.2, 0) is 20.7 Å². The van der Waals surface area contributed by atoms with Crippen LogP contribution in [0.15, 0.2) is 23.1 Å². The minimum Gasteiger partial charge on any atom is -0.754 e. The third-order valence-electron chi connectivity index (χ3n) is 1.20. The van der Waals surface area contributed by atoms with E-state index in [0.717, 1.165) is 6.07 Å². The van der Waals surface area contributed by atoms with E-state index < -0.39 is 20.7 Å². The van der Waals surface area contributed by atoms with Crippen molar-refractivity contribution in [3.05, 3.63) is 29.8 Å². The van der Waals surface area contributed by atoms with Gasteiger partial charge in [0.2, 0.25) is 0 Å². The standard InChI is InChI=1S/C7H7O3S.2Na.O3S/c1-6-3-2-4-7(5-6)11(8,9)10;;;1-4(2)3/h3-5H,1H3,(H,8,9,10);;;/q-1;2*+1;/p-1. The van der Waals surface area contributed by atoms with E-state index in [-0.39, 0.29) is 64.0 Å². The van der Waals surface area contributed by atoms with E-state index in [1.807, 2.05) is 0 Å². The molecular weight excluding hydrogens is 290 g/mol. The molecule has 10 heteroatoms. The molecule has 0 fully saturated rings. The Morgan fingerprint density at radius 3 is 1.82 bits per heavy atom. The van der Waals surface area contributed by atoms with Crippen LogP contribution in [0.5, 0.6) is 0 Å². The summed E-state index contributed by atoms with van der Waals surface area (Å²) in [5, 5.41) is 0. The normalized spacial score (nSPS) is 8.82. The average molecular weight is 296 g/mol. The van der Waals surface area contributed by atoms with Gasteiger partial charge in [-0.15, -0.1) is 12.6 Å². The van der Waals surface area contributed by atoms with Crippen LogP contribution < -0.4 is 59.1 Å². The second-order valence-electron chi connectivity index (χ2n) is 2.40. The minimum absolute atomic E-state index is 0. The quantitative estimate of drug-likeness (QED) is 0.290. The molecule has 0 aromatic heterocycles. The maximum Gasteiger partial charge on any atom is 1.00 e. The van der Waals surface area contributed by atoms with Crippen molar-refractivity contribution in [2.45, 2.75) is 11.8 Å². The Morgan fingerprint density at radius 1 is 1.18 bits per heavy atom. The fourth-order valence-electron chi connectivity index (χ4n) is 0.707. The number of aryl methyl sites for hydroxylation is 1. The van der Waals surface area contributed by atoms with Gasteiger partial charge >= 0.3 is 69.7 Å². The molecule has 0 heterocycles. The van der Waals surface area contributed by atoms with Gasteiger partial charge in [0.25, 0.3) is 0 Å². The molecule has 0 atom stereocenters. The Morgan fingerprint density at radius 2 is 1.59 bits per heavy atom. The number of rotatable bonds is 1. The predicted molar refractivity (Wildman–Crippen MR) is 47.7 cm³/mol. The Hall–Kier alpha value is 0.750. The van der Waals surface area contributed by atoms with Gasteiger partial charge in [-0.25, -0.2) is 0 Å². The predicted octanol–water partition coefficient (Wildman–Crippen LogP) is -6.30. The maximum atomic E-state index is 10.4. The molecule has 0 aliphatic heterocycles. The van der Waals surface area contributed by atoms with Gasteiger partial charge in [-0.05, 0) is 0 Å². The zero-order valence-electron chi connectivity index (χ0n) is 9.50. The summed E-state index contributed by atoms with van der Waals surface area (Å²) in [5.41, 5.74) is 0.710. The topological polar surface area (TPSA) is 108 Å². The molecule has 0 unspecified atom stereocenters. The Labute approximate surface area is 145 Å². The number of hydrogen-bond acceptors (Lipinski definition) is 6. The van der Waals surface area contributed by atoms with Crippen LogP contribution in [0.1, 0.15) is 5.56 Å². The van der Waals surface area contributed by atoms with Gasteiger partial charge in [0.05, 0.1) is 10.1 Å². The molecule has 0 aliphatic rings. The fourth-order valence-corrected chi connectivity index (χ4v) is 1.25. The maximum absolute atomic E-state index is 10.4. The van der Waals surface area contributed by atoms with Crippen molar-refractivity contribution in [1.29, 1.82) is 0 Å². The molecule has 6 nitrogen and oxygen atoms in total. The third kappa shape index (κ3) is 13.0. The zero-order chi connectivity index (χ0) is 12.1. The summed E-state index contributed by atoms with van der Waals surface area (Å²) in [6.45, 7) is 1.70. The van der Waals surface area contributed by atoms with Crippen LogP contribution in [0.4, 0.5) is 0 Å². The largest absolute Gasteiger partial charge is 1.00 e. The number of benzene rings is 1. The molecule has 0 saturated heterocycles. The van der Waals surface area contributed by atoms with E-state index in [0.29, 0.717) is 5.56 Å². The first-order valence-corrected chi connectivity index (χ1v) is 5.84. The van der Waals surface area contributed by atoms with Crippen molar-refractivity contribution in [1.82, 2.24) is 0 Å². The van der Waals surface area contributed by atoms with E-state index >= 15 is 0 Å². The zero-order valence-corrected chi connectivity index (χ0v) is 15.1. The van der Waals surface area contributed by atoms with E-state index in [9.17, 15) is 13.0 Å². The van der Waals surface area contributed by atoms with Gasteiger partial charge in [-0.1, -0.05) is 11.8 Å². The van der Waals surface area contributed by atoms with Crippen LogP contribution in [0.25, 0.3) is 0 Å². The molecule has 0 aliphatic carbocycles. The molecule has 1 aromatic rings. The van der Waals surface area contributed by atoms with Crippen molar-refractivity contribution in [2.24, 2.45) is 0 Å². The van der Waals surface area contributed by atoms with Crippen molar-refractivity contribution in [2.75, 3.05) is 0 Å². The summed E-state index contributed by atoms with van der Waals surface area (Å²) < 4.78 is 56.6. The van der Waals surface area contributed by atoms with Crippen LogP contribution in [-0.4, -0.2) is 25.6 Å². The third-order valence-corrected chi connectivity index (χ3v) is 2.01. The molecule has 17 heavy (non-hydrogen) atoms. The van der Waals surface area contributed by atoms with Gasteiger partial charge in [0, 0.05) is 0 Å². The Bertz CT molecular complexity index is 530. The summed E-state index contributed by atoms with van der Waals surface area (Å²) >= 11 is 0. The molecule has 0 spiro atoms. The Balaban J connectivity index is -0.000000289. The second-order valence-corrected chi connectivity index (χ2v) is 4.19. The van der Waals surface area contributed by atoms with Gasteiger partial charge in [-0.3, -0.25) is 8.42 Å². The van der Waals surface area contributed by atoms with Gasteiger partial charge in [0.1, 0.15) is 0 Å². The van der Waals surface area contributed by atoms with Crippen molar-refractivity contribution in [3.8, 4) is 0 Å². The summed E-state index contributed by atoms with van der Waals surface area (Å²) in [6.07, 6.45) is 0. The van der Waals surface area contributed by atoms with Gasteiger partial charge < -0.3 is 4.55 Å². The average Bonchev–Trinajstić information content (AvgIpc) is 2.01. The summed E-state index contributed by atoms with van der Waals surface area (Å²) in [4.78, 5) is -0.225. The molecule has 0 saturated carbocycles. The first kappa shape index (κ1) is 22.9. The molecule has 0 radical (unpaired) electrons. The molecule has 1 aromatic carbocycles. The van der Waals surface area contributed by atoms with Crippen molar-refractivity contribution < 1.29 is 84.7 Å². The minimum atomic E-state index is -4.31. The summed E-state index contributed by atoms with van der Waals surface area (Å²) in [6, 6.07) is 6.64. The number of hydrogen-bond donors (Lipinski definition) is 0. The summed E-state index contributed by atoms with van der Waals surface area (Å²) in [5.74, 6) is 0. The fraction of sp³-hybridized carbons (Fsp3) is 0.143. The molecule has 0 N–H and O–H groups in total. The van der Waals surface area contributed by atoms with E-state index in [4.69, 9.17) is 12.6 Å². The monoisotopic (exact) mass is 296 g/mol. The molecule has 1 rings (SSSR count). The smallest absolute Gasteiger partial charge is 0.754 e. The molecule has 0 bridgehead atoms. The van der Waals surface area contributed by atoms with Crippen LogP contribution in [0, 0.1) is 13.0 Å². The van der Waals surface area contributed by atoms with Crippen LogP contribution >= 0.6 is 0 Å². The van der Waals surface area contributed by atoms with Crippen molar-refractivity contribution in [3.63, 3.8) is 0 Å². The first-order valence-electron chi connectivity index (χ1n) is 3.44. The van der Waals surface area contributed by atoms with Gasteiger partial charge in [-0.2, -0.15) is 29.8 Å². The molecule has 0 amide bonds. The van der Waals surface area contributed by atoms with Gasteiger partial charge in [0.15, 0.2) is 0 Å². The van der Waals surface area contributed by atoms with Crippen LogP contribution in [0.2, 0.25) is 0 Å². The van der Waals surface area contributed by atoms with E-state index in [1.165, 1.54) is 6.07 Å². The Kier molecular flexibility index (Phi) is 14.3. The SMILES string of the molecule is Cc1c[c-]cc(S(=O)(=O)[O-])c1.O=S(=O)=O.[Na+].[Na+].